The van der Waals surface area contributed by atoms with E-state index in [9.17, 15) is 9.90 Å². The minimum atomic E-state index is -0.757. The lowest BCUT2D eigenvalue weighted by molar-refractivity contribution is -0.139. The highest BCUT2D eigenvalue weighted by molar-refractivity contribution is 7.99. The molecule has 0 aliphatic carbocycles. The van der Waals surface area contributed by atoms with Gasteiger partial charge in [0, 0.05) is 35.0 Å². The van der Waals surface area contributed by atoms with Crippen LogP contribution in [0.15, 0.2) is 58.3 Å². The Balaban J connectivity index is 1.80. The van der Waals surface area contributed by atoms with Crippen LogP contribution in [-0.4, -0.2) is 47.7 Å². The number of carboxylic acids is 1. The summed E-state index contributed by atoms with van der Waals surface area (Å²) in [6, 6.07) is 17.9. The van der Waals surface area contributed by atoms with Gasteiger partial charge in [0.25, 0.3) is 0 Å². The average Bonchev–Trinajstić information content (AvgIpc) is 2.64. The molecule has 1 fully saturated rings. The number of carboxylic acid groups (broad SMARTS) is 1. The second-order valence-electron chi connectivity index (χ2n) is 9.02. The predicted molar refractivity (Wildman–Crippen MR) is 121 cm³/mol. The maximum absolute atomic E-state index is 11.2. The van der Waals surface area contributed by atoms with Crippen LogP contribution < -0.4 is 4.90 Å². The predicted octanol–water partition coefficient (Wildman–Crippen LogP) is 5.12. The van der Waals surface area contributed by atoms with Crippen LogP contribution in [0.25, 0.3) is 0 Å². The van der Waals surface area contributed by atoms with Gasteiger partial charge in [-0.3, -0.25) is 9.69 Å². The van der Waals surface area contributed by atoms with Gasteiger partial charge in [-0.15, -0.1) is 0 Å². The van der Waals surface area contributed by atoms with Crippen molar-refractivity contribution in [3.8, 4) is 0 Å². The summed E-state index contributed by atoms with van der Waals surface area (Å²) >= 11 is 1.79. The Kier molecular flexibility index (Phi) is 6.59. The standard InChI is InChI=1S/C24H32N2O2S/c1-17-15-26(18(2)14-25(17)16-23(27)28)21-8-6-7-9-22(21)29-20-12-10-19(11-13-20)24(3,4)5/h6-13,17-18H,14-16H2,1-5H3,(H,27,28)/t17-,18+/m0/s1. The number of hydrogen-bond acceptors (Lipinski definition) is 4. The van der Waals surface area contributed by atoms with Crippen LogP contribution in [-0.2, 0) is 10.2 Å². The molecule has 2 aromatic carbocycles. The summed E-state index contributed by atoms with van der Waals surface area (Å²) in [5.41, 5.74) is 2.72. The summed E-state index contributed by atoms with van der Waals surface area (Å²) < 4.78 is 0. The van der Waals surface area contributed by atoms with Crippen molar-refractivity contribution in [2.45, 2.75) is 61.9 Å². The largest absolute Gasteiger partial charge is 0.480 e. The molecule has 0 aromatic heterocycles. The van der Waals surface area contributed by atoms with Crippen LogP contribution in [0, 0.1) is 0 Å². The van der Waals surface area contributed by atoms with E-state index in [1.54, 1.807) is 11.8 Å². The van der Waals surface area contributed by atoms with Crippen LogP contribution >= 0.6 is 11.8 Å². The first-order valence-electron chi connectivity index (χ1n) is 10.2. The molecular weight excluding hydrogens is 380 g/mol. The minimum absolute atomic E-state index is 0.107. The Hall–Kier alpha value is -1.98. The van der Waals surface area contributed by atoms with Gasteiger partial charge >= 0.3 is 5.97 Å². The molecule has 0 radical (unpaired) electrons. The Morgan fingerprint density at radius 3 is 2.31 bits per heavy atom. The van der Waals surface area contributed by atoms with Gasteiger partial charge in [-0.2, -0.15) is 0 Å². The zero-order valence-corrected chi connectivity index (χ0v) is 18.9. The van der Waals surface area contributed by atoms with Crippen molar-refractivity contribution >= 4 is 23.4 Å². The normalized spacial score (nSPS) is 20.7. The number of anilines is 1. The maximum Gasteiger partial charge on any atom is 0.317 e. The molecule has 156 valence electrons. The molecule has 1 heterocycles. The minimum Gasteiger partial charge on any atom is -0.480 e. The molecule has 0 unspecified atom stereocenters. The fraction of sp³-hybridized carbons (Fsp3) is 0.458. The van der Waals surface area contributed by atoms with Crippen molar-refractivity contribution in [2.24, 2.45) is 0 Å². The van der Waals surface area contributed by atoms with Gasteiger partial charge in [-0.1, -0.05) is 56.8 Å². The lowest BCUT2D eigenvalue weighted by Crippen LogP contribution is -2.57. The zero-order valence-electron chi connectivity index (χ0n) is 18.1. The quantitative estimate of drug-likeness (QED) is 0.738. The molecule has 4 nitrogen and oxygen atoms in total. The Morgan fingerprint density at radius 2 is 1.69 bits per heavy atom. The third kappa shape index (κ3) is 5.34. The highest BCUT2D eigenvalue weighted by atomic mass is 32.2. The lowest BCUT2D eigenvalue weighted by Gasteiger charge is -2.45. The van der Waals surface area contributed by atoms with E-state index in [1.165, 1.54) is 21.0 Å². The average molecular weight is 413 g/mol. The van der Waals surface area contributed by atoms with Crippen LogP contribution in [0.5, 0.6) is 0 Å². The molecule has 2 atom stereocenters. The first-order chi connectivity index (χ1) is 13.6. The fourth-order valence-electron chi connectivity index (χ4n) is 3.86. The van der Waals surface area contributed by atoms with Gasteiger partial charge in [0.05, 0.1) is 12.2 Å². The first-order valence-corrected chi connectivity index (χ1v) is 11.1. The number of nitrogens with zero attached hydrogens (tertiary/aromatic N) is 2. The third-order valence-corrected chi connectivity index (χ3v) is 6.65. The number of para-hydroxylation sites is 1. The molecular formula is C24H32N2O2S. The lowest BCUT2D eigenvalue weighted by atomic mass is 9.87. The van der Waals surface area contributed by atoms with E-state index in [4.69, 9.17) is 0 Å². The SMILES string of the molecule is C[C@@H]1CN(CC(=O)O)[C@@H](C)CN1c1ccccc1Sc1ccc(C(C)(C)C)cc1. The molecule has 1 aliphatic rings. The van der Waals surface area contributed by atoms with Crippen molar-refractivity contribution in [1.29, 1.82) is 0 Å². The van der Waals surface area contributed by atoms with E-state index in [0.29, 0.717) is 0 Å². The van der Waals surface area contributed by atoms with Crippen molar-refractivity contribution in [1.82, 2.24) is 4.90 Å². The van der Waals surface area contributed by atoms with Crippen molar-refractivity contribution in [3.63, 3.8) is 0 Å². The molecule has 1 saturated heterocycles. The second kappa shape index (κ2) is 8.80. The number of rotatable bonds is 5. The Labute approximate surface area is 178 Å². The molecule has 0 bridgehead atoms. The molecule has 0 amide bonds. The van der Waals surface area contributed by atoms with E-state index >= 15 is 0 Å². The van der Waals surface area contributed by atoms with E-state index in [2.05, 4.69) is 92.9 Å². The van der Waals surface area contributed by atoms with Gasteiger partial charge in [-0.25, -0.2) is 0 Å². The van der Waals surface area contributed by atoms with Crippen molar-refractivity contribution < 1.29 is 9.90 Å². The maximum atomic E-state index is 11.2. The van der Waals surface area contributed by atoms with Gasteiger partial charge in [0.1, 0.15) is 0 Å². The van der Waals surface area contributed by atoms with Crippen LogP contribution in [0.2, 0.25) is 0 Å². The number of carbonyl (C=O) groups is 1. The number of aliphatic carboxylic acids is 1. The summed E-state index contributed by atoms with van der Waals surface area (Å²) in [5, 5.41) is 9.17. The topological polar surface area (TPSA) is 43.8 Å². The molecule has 5 heteroatoms. The van der Waals surface area contributed by atoms with Gasteiger partial charge < -0.3 is 10.0 Å². The highest BCUT2D eigenvalue weighted by Gasteiger charge is 2.31. The number of hydrogen-bond donors (Lipinski definition) is 1. The summed E-state index contributed by atoms with van der Waals surface area (Å²) in [5.74, 6) is -0.757. The van der Waals surface area contributed by atoms with Crippen molar-refractivity contribution in [3.05, 3.63) is 54.1 Å². The van der Waals surface area contributed by atoms with Crippen LogP contribution in [0.3, 0.4) is 0 Å². The first kappa shape index (κ1) is 21.7. The van der Waals surface area contributed by atoms with Crippen LogP contribution in [0.1, 0.15) is 40.2 Å². The number of piperazine rings is 1. The zero-order chi connectivity index (χ0) is 21.2. The van der Waals surface area contributed by atoms with Gasteiger partial charge in [0.15, 0.2) is 0 Å². The fourth-order valence-corrected chi connectivity index (χ4v) is 4.82. The van der Waals surface area contributed by atoms with Crippen LogP contribution in [0.4, 0.5) is 5.69 Å². The molecule has 3 rings (SSSR count). The Bertz CT molecular complexity index is 845. The molecule has 29 heavy (non-hydrogen) atoms. The smallest absolute Gasteiger partial charge is 0.317 e. The summed E-state index contributed by atoms with van der Waals surface area (Å²) in [7, 11) is 0. The molecule has 1 N–H and O–H groups in total. The summed E-state index contributed by atoms with van der Waals surface area (Å²) in [6.07, 6.45) is 0. The molecule has 2 aromatic rings. The van der Waals surface area contributed by atoms with E-state index in [1.807, 2.05) is 0 Å². The summed E-state index contributed by atoms with van der Waals surface area (Å²) in [6.45, 7) is 12.7. The van der Waals surface area contributed by atoms with E-state index in [-0.39, 0.29) is 24.0 Å². The number of benzene rings is 2. The van der Waals surface area contributed by atoms with E-state index < -0.39 is 5.97 Å². The van der Waals surface area contributed by atoms with Crippen molar-refractivity contribution in [2.75, 3.05) is 24.5 Å². The summed E-state index contributed by atoms with van der Waals surface area (Å²) in [4.78, 5) is 18.1. The second-order valence-corrected chi connectivity index (χ2v) is 10.1. The van der Waals surface area contributed by atoms with E-state index in [0.717, 1.165) is 13.1 Å². The molecule has 1 aliphatic heterocycles. The molecule has 0 spiro atoms. The Morgan fingerprint density at radius 1 is 1.03 bits per heavy atom. The highest BCUT2D eigenvalue weighted by Crippen LogP contribution is 2.38. The monoisotopic (exact) mass is 412 g/mol. The van der Waals surface area contributed by atoms with Gasteiger partial charge in [0.2, 0.25) is 0 Å². The van der Waals surface area contributed by atoms with Gasteiger partial charge in [-0.05, 0) is 49.1 Å². The third-order valence-electron chi connectivity index (χ3n) is 5.58. The molecule has 0 saturated carbocycles.